The van der Waals surface area contributed by atoms with Gasteiger partial charge < -0.3 is 0 Å². The zero-order chi connectivity index (χ0) is 14.5. The zero-order valence-corrected chi connectivity index (χ0v) is 11.3. The van der Waals surface area contributed by atoms with Crippen LogP contribution in [0.1, 0.15) is 30.9 Å². The fourth-order valence-electron chi connectivity index (χ4n) is 1.71. The van der Waals surface area contributed by atoms with Gasteiger partial charge >= 0.3 is 0 Å². The summed E-state index contributed by atoms with van der Waals surface area (Å²) >= 11 is 0. The third kappa shape index (κ3) is 3.28. The number of hydrazone groups is 2. The number of hydrogen-bond acceptors (Lipinski definition) is 4. The van der Waals surface area contributed by atoms with Crippen molar-refractivity contribution in [2.45, 2.75) is 19.8 Å². The third-order valence-electron chi connectivity index (χ3n) is 2.95. The average molecular weight is 272 g/mol. The van der Waals surface area contributed by atoms with Gasteiger partial charge in [0.15, 0.2) is 5.92 Å². The van der Waals surface area contributed by atoms with E-state index in [1.165, 1.54) is 18.0 Å². The second kappa shape index (κ2) is 6.10. The lowest BCUT2D eigenvalue weighted by molar-refractivity contribution is -0.131. The number of amides is 2. The van der Waals surface area contributed by atoms with E-state index in [2.05, 4.69) is 34.9 Å². The summed E-state index contributed by atoms with van der Waals surface area (Å²) in [5.41, 5.74) is 6.63. The predicted molar refractivity (Wildman–Crippen MR) is 76.4 cm³/mol. The van der Waals surface area contributed by atoms with Crippen LogP contribution in [0, 0.1) is 5.92 Å². The maximum atomic E-state index is 11.6. The molecular formula is C14H16N4O2. The molecule has 2 rings (SSSR count). The summed E-state index contributed by atoms with van der Waals surface area (Å²) in [5.74, 6) is -1.38. The highest BCUT2D eigenvalue weighted by molar-refractivity contribution is 6.15. The molecule has 0 aliphatic carbocycles. The van der Waals surface area contributed by atoms with E-state index in [1.54, 1.807) is 0 Å². The Morgan fingerprint density at radius 2 is 2.10 bits per heavy atom. The van der Waals surface area contributed by atoms with Crippen LogP contribution in [0.25, 0.3) is 0 Å². The molecule has 20 heavy (non-hydrogen) atoms. The molecule has 0 fully saturated rings. The Hall–Kier alpha value is -2.50. The highest BCUT2D eigenvalue weighted by Crippen LogP contribution is 2.13. The Bertz CT molecular complexity index is 561. The first-order chi connectivity index (χ1) is 9.58. The van der Waals surface area contributed by atoms with Gasteiger partial charge in [-0.25, -0.2) is 10.9 Å². The van der Waals surface area contributed by atoms with Gasteiger partial charge in [0.25, 0.3) is 11.8 Å². The van der Waals surface area contributed by atoms with Gasteiger partial charge in [-0.3, -0.25) is 9.59 Å². The van der Waals surface area contributed by atoms with Crippen molar-refractivity contribution < 1.29 is 9.59 Å². The van der Waals surface area contributed by atoms with Crippen LogP contribution in [0.2, 0.25) is 0 Å². The van der Waals surface area contributed by atoms with Gasteiger partial charge in [-0.1, -0.05) is 38.1 Å². The van der Waals surface area contributed by atoms with E-state index < -0.39 is 17.7 Å². The van der Waals surface area contributed by atoms with Crippen molar-refractivity contribution in [1.29, 1.82) is 0 Å². The van der Waals surface area contributed by atoms with Crippen molar-refractivity contribution in [1.82, 2.24) is 10.9 Å². The SMILES string of the molecule is CC(C)c1ccc(/C=N/NC(=O)C2C=NNC2=O)cc1. The van der Waals surface area contributed by atoms with E-state index in [9.17, 15) is 9.59 Å². The molecule has 0 radical (unpaired) electrons. The van der Waals surface area contributed by atoms with Crippen molar-refractivity contribution in [3.63, 3.8) is 0 Å². The highest BCUT2D eigenvalue weighted by Gasteiger charge is 2.28. The molecule has 1 aromatic rings. The van der Waals surface area contributed by atoms with E-state index in [0.29, 0.717) is 5.92 Å². The number of nitrogens with zero attached hydrogens (tertiary/aromatic N) is 2. The second-order valence-electron chi connectivity index (χ2n) is 4.79. The molecule has 1 heterocycles. The van der Waals surface area contributed by atoms with Crippen LogP contribution in [0.5, 0.6) is 0 Å². The van der Waals surface area contributed by atoms with Gasteiger partial charge in [0.2, 0.25) is 0 Å². The van der Waals surface area contributed by atoms with Crippen LogP contribution >= 0.6 is 0 Å². The molecule has 2 N–H and O–H groups in total. The van der Waals surface area contributed by atoms with Crippen LogP contribution in [0.3, 0.4) is 0 Å². The van der Waals surface area contributed by atoms with Crippen LogP contribution in [0.15, 0.2) is 34.5 Å². The third-order valence-corrected chi connectivity index (χ3v) is 2.95. The highest BCUT2D eigenvalue weighted by atomic mass is 16.2. The summed E-state index contributed by atoms with van der Waals surface area (Å²) in [6.45, 7) is 4.25. The van der Waals surface area contributed by atoms with Crippen molar-refractivity contribution in [2.24, 2.45) is 16.1 Å². The van der Waals surface area contributed by atoms with E-state index in [0.717, 1.165) is 5.56 Å². The largest absolute Gasteiger partial charge is 0.272 e. The fourth-order valence-corrected chi connectivity index (χ4v) is 1.71. The van der Waals surface area contributed by atoms with E-state index in [1.807, 2.05) is 24.3 Å². The average Bonchev–Trinajstić information content (AvgIpc) is 2.85. The zero-order valence-electron chi connectivity index (χ0n) is 11.3. The molecule has 0 aromatic heterocycles. The second-order valence-corrected chi connectivity index (χ2v) is 4.79. The Morgan fingerprint density at radius 3 is 2.65 bits per heavy atom. The first kappa shape index (κ1) is 13.9. The molecule has 1 atom stereocenters. The lowest BCUT2D eigenvalue weighted by Gasteiger charge is -2.04. The Labute approximate surface area is 116 Å². The quantitative estimate of drug-likeness (QED) is 0.487. The van der Waals surface area contributed by atoms with Crippen molar-refractivity contribution in [3.05, 3.63) is 35.4 Å². The standard InChI is InChI=1S/C14H16N4O2/c1-9(2)11-5-3-10(4-6-11)7-15-17-13(19)12-8-16-18-14(12)20/h3-9,12H,1-2H3,(H,17,19)(H,18,20)/b15-7+. The number of benzene rings is 1. The summed E-state index contributed by atoms with van der Waals surface area (Å²) in [6, 6.07) is 7.89. The normalized spacial score (nSPS) is 17.8. The Balaban J connectivity index is 1.91. The summed E-state index contributed by atoms with van der Waals surface area (Å²) in [4.78, 5) is 22.8. The molecular weight excluding hydrogens is 256 g/mol. The molecule has 1 aliphatic rings. The van der Waals surface area contributed by atoms with Crippen LogP contribution in [-0.4, -0.2) is 24.2 Å². The van der Waals surface area contributed by atoms with Gasteiger partial charge in [0, 0.05) is 6.21 Å². The van der Waals surface area contributed by atoms with Gasteiger partial charge in [-0.2, -0.15) is 10.2 Å². The van der Waals surface area contributed by atoms with Gasteiger partial charge in [0.05, 0.1) is 6.21 Å². The number of nitrogens with one attached hydrogen (secondary N) is 2. The topological polar surface area (TPSA) is 82.9 Å². The molecule has 0 spiro atoms. The van der Waals surface area contributed by atoms with Crippen LogP contribution < -0.4 is 10.9 Å². The molecule has 0 saturated carbocycles. The number of hydrogen-bond donors (Lipinski definition) is 2. The Kier molecular flexibility index (Phi) is 4.24. The summed E-state index contributed by atoms with van der Waals surface area (Å²) < 4.78 is 0. The number of carbonyl (C=O) groups excluding carboxylic acids is 2. The summed E-state index contributed by atoms with van der Waals surface area (Å²) in [7, 11) is 0. The van der Waals surface area contributed by atoms with Gasteiger partial charge in [-0.15, -0.1) is 0 Å². The van der Waals surface area contributed by atoms with Gasteiger partial charge in [-0.05, 0) is 17.0 Å². The lowest BCUT2D eigenvalue weighted by Crippen LogP contribution is -2.34. The molecule has 0 saturated heterocycles. The molecule has 1 unspecified atom stereocenters. The van der Waals surface area contributed by atoms with E-state index in [-0.39, 0.29) is 0 Å². The smallest absolute Gasteiger partial charge is 0.258 e. The fraction of sp³-hybridized carbons (Fsp3) is 0.286. The van der Waals surface area contributed by atoms with E-state index in [4.69, 9.17) is 0 Å². The predicted octanol–water partition coefficient (Wildman–Crippen LogP) is 0.992. The van der Waals surface area contributed by atoms with Crippen molar-refractivity contribution in [2.75, 3.05) is 0 Å². The molecule has 6 heteroatoms. The molecule has 6 nitrogen and oxygen atoms in total. The minimum Gasteiger partial charge on any atom is -0.272 e. The maximum absolute atomic E-state index is 11.6. The first-order valence-electron chi connectivity index (χ1n) is 6.34. The van der Waals surface area contributed by atoms with Crippen molar-refractivity contribution >= 4 is 24.2 Å². The minimum absolute atomic E-state index is 0.445. The maximum Gasteiger partial charge on any atom is 0.258 e. The summed E-state index contributed by atoms with van der Waals surface area (Å²) in [5, 5.41) is 7.35. The molecule has 0 bridgehead atoms. The Morgan fingerprint density at radius 1 is 1.40 bits per heavy atom. The molecule has 1 aliphatic heterocycles. The first-order valence-corrected chi connectivity index (χ1v) is 6.34. The van der Waals surface area contributed by atoms with Crippen LogP contribution in [0.4, 0.5) is 0 Å². The van der Waals surface area contributed by atoms with Gasteiger partial charge in [0.1, 0.15) is 0 Å². The molecule has 2 amide bonds. The lowest BCUT2D eigenvalue weighted by atomic mass is 10.0. The number of rotatable bonds is 4. The summed E-state index contributed by atoms with van der Waals surface area (Å²) in [6.07, 6.45) is 2.79. The number of carbonyl (C=O) groups is 2. The van der Waals surface area contributed by atoms with Crippen molar-refractivity contribution in [3.8, 4) is 0 Å². The monoisotopic (exact) mass is 272 g/mol. The minimum atomic E-state index is -0.907. The van der Waals surface area contributed by atoms with E-state index >= 15 is 0 Å². The molecule has 1 aromatic carbocycles. The molecule has 104 valence electrons. The van der Waals surface area contributed by atoms with Crippen LogP contribution in [-0.2, 0) is 9.59 Å².